The summed E-state index contributed by atoms with van der Waals surface area (Å²) in [5, 5.41) is 41.9. The minimum Gasteiger partial charge on any atom is -0.508 e. The van der Waals surface area contributed by atoms with Gasteiger partial charge in [0.05, 0.1) is 74.5 Å². The van der Waals surface area contributed by atoms with E-state index in [-0.39, 0.29) is 16.9 Å². The Morgan fingerprint density at radius 3 is 1.84 bits per heavy atom. The topological polar surface area (TPSA) is 168 Å². The maximum absolute atomic E-state index is 11.6. The molecule has 1 aliphatic rings. The van der Waals surface area contributed by atoms with Gasteiger partial charge in [-0.2, -0.15) is 5.11 Å². The first-order valence-electron chi connectivity index (χ1n) is 18.0. The first-order chi connectivity index (χ1) is 24.0. The van der Waals surface area contributed by atoms with Crippen LogP contribution in [-0.2, 0) is 25.4 Å². The molecule has 2 aromatic rings. The Balaban J connectivity index is 1.78. The molecule has 0 amide bonds. The number of rotatable bonds is 17. The normalized spacial score (nSPS) is 17.3. The number of phenols is 1. The standard InChI is InChI=1S/C37H56N4O9/c1-4-5-6-7-8-9-10-11-12-13-18-37(28-49-21-19-47-26-36(2,3)27-48-20-22-50-29-37)25-30-23-31(14-17-35(30)42)38-39-33-16-15-32(40(43)44)24-34(33)41(45)46/h14-17,23-24,42H,4-13,18-22,25-29H2,1-3H3/b39-38+. The Kier molecular flexibility index (Phi) is 17.7. The number of nitrogens with zero attached hydrogens (tertiary/aromatic N) is 4. The minimum absolute atomic E-state index is 0.0843. The second-order valence-corrected chi connectivity index (χ2v) is 14.2. The number of aromatic hydroxyl groups is 1. The molecule has 13 nitrogen and oxygen atoms in total. The predicted octanol–water partition coefficient (Wildman–Crippen LogP) is 9.57. The van der Waals surface area contributed by atoms with Gasteiger partial charge >= 0.3 is 5.69 Å². The molecule has 0 bridgehead atoms. The van der Waals surface area contributed by atoms with Gasteiger partial charge in [-0.25, -0.2) is 0 Å². The number of hydrogen-bond acceptors (Lipinski definition) is 11. The lowest BCUT2D eigenvalue weighted by atomic mass is 9.78. The highest BCUT2D eigenvalue weighted by Crippen LogP contribution is 2.37. The lowest BCUT2D eigenvalue weighted by molar-refractivity contribution is -0.393. The number of azo groups is 1. The molecule has 2 aromatic carbocycles. The van der Waals surface area contributed by atoms with E-state index in [1.165, 1.54) is 63.5 Å². The molecule has 0 spiro atoms. The molecule has 3 rings (SSSR count). The molecule has 1 saturated heterocycles. The van der Waals surface area contributed by atoms with Crippen molar-refractivity contribution in [3.8, 4) is 5.75 Å². The van der Waals surface area contributed by atoms with Crippen LogP contribution in [0.3, 0.4) is 0 Å². The van der Waals surface area contributed by atoms with E-state index in [4.69, 9.17) is 18.9 Å². The fourth-order valence-electron chi connectivity index (χ4n) is 6.06. The molecular formula is C37H56N4O9. The molecule has 0 aromatic heterocycles. The van der Waals surface area contributed by atoms with Crippen molar-refractivity contribution in [3.05, 3.63) is 62.2 Å². The highest BCUT2D eigenvalue weighted by molar-refractivity contribution is 5.62. The first kappa shape index (κ1) is 40.9. The van der Waals surface area contributed by atoms with E-state index in [0.29, 0.717) is 70.5 Å². The Morgan fingerprint density at radius 1 is 0.720 bits per heavy atom. The number of unbranched alkanes of at least 4 members (excludes halogenated alkanes) is 9. The van der Waals surface area contributed by atoms with Crippen molar-refractivity contribution in [1.29, 1.82) is 0 Å². The highest BCUT2D eigenvalue weighted by atomic mass is 16.6. The van der Waals surface area contributed by atoms with Crippen LogP contribution in [0.2, 0.25) is 0 Å². The van der Waals surface area contributed by atoms with E-state index < -0.39 is 26.6 Å². The quantitative estimate of drug-likeness (QED) is 0.0731. The van der Waals surface area contributed by atoms with Crippen LogP contribution in [0, 0.1) is 31.1 Å². The summed E-state index contributed by atoms with van der Waals surface area (Å²) in [5.41, 5.74) is -0.650. The third-order valence-corrected chi connectivity index (χ3v) is 8.88. The van der Waals surface area contributed by atoms with Crippen LogP contribution in [0.1, 0.15) is 97.0 Å². The zero-order valence-corrected chi connectivity index (χ0v) is 30.1. The Labute approximate surface area is 296 Å². The van der Waals surface area contributed by atoms with E-state index in [9.17, 15) is 25.3 Å². The smallest absolute Gasteiger partial charge is 0.303 e. The van der Waals surface area contributed by atoms with E-state index >= 15 is 0 Å². The molecule has 1 heterocycles. The predicted molar refractivity (Wildman–Crippen MR) is 192 cm³/mol. The number of nitro groups is 2. The van der Waals surface area contributed by atoms with Crippen molar-refractivity contribution in [2.45, 2.75) is 97.8 Å². The van der Waals surface area contributed by atoms with Crippen molar-refractivity contribution >= 4 is 22.7 Å². The van der Waals surface area contributed by atoms with Gasteiger partial charge in [0.1, 0.15) is 5.75 Å². The first-order valence-corrected chi connectivity index (χ1v) is 18.0. The number of benzene rings is 2. The summed E-state index contributed by atoms with van der Waals surface area (Å²) in [6.45, 7) is 10.1. The monoisotopic (exact) mass is 700 g/mol. The van der Waals surface area contributed by atoms with Gasteiger partial charge in [-0.1, -0.05) is 85.0 Å². The largest absolute Gasteiger partial charge is 0.508 e. The third kappa shape index (κ3) is 14.8. The second kappa shape index (κ2) is 21.6. The summed E-state index contributed by atoms with van der Waals surface area (Å²) in [4.78, 5) is 21.3. The molecule has 1 aliphatic heterocycles. The number of ether oxygens (including phenoxy) is 4. The summed E-state index contributed by atoms with van der Waals surface area (Å²) < 4.78 is 24.3. The van der Waals surface area contributed by atoms with Crippen molar-refractivity contribution in [2.75, 3.05) is 52.9 Å². The average molecular weight is 701 g/mol. The zero-order valence-electron chi connectivity index (χ0n) is 30.1. The summed E-state index contributed by atoms with van der Waals surface area (Å²) in [6, 6.07) is 7.99. The number of nitro benzene ring substituents is 2. The third-order valence-electron chi connectivity index (χ3n) is 8.88. The molecule has 1 N–H and O–H groups in total. The maximum atomic E-state index is 11.6. The molecule has 0 aliphatic carbocycles. The Morgan fingerprint density at radius 2 is 1.28 bits per heavy atom. The lowest BCUT2D eigenvalue weighted by Crippen LogP contribution is -2.36. The minimum atomic E-state index is -0.731. The highest BCUT2D eigenvalue weighted by Gasteiger charge is 2.33. The Bertz CT molecular complexity index is 1350. The van der Waals surface area contributed by atoms with Crippen LogP contribution in [0.4, 0.5) is 22.7 Å². The van der Waals surface area contributed by atoms with Crippen molar-refractivity contribution in [2.24, 2.45) is 21.1 Å². The number of phenolic OH excluding ortho intramolecular Hbond substituents is 1. The van der Waals surface area contributed by atoms with Gasteiger partial charge in [-0.15, -0.1) is 5.11 Å². The summed E-state index contributed by atoms with van der Waals surface area (Å²) in [6.07, 6.45) is 13.5. The summed E-state index contributed by atoms with van der Waals surface area (Å²) in [5.74, 6) is 0.0843. The number of hydrogen-bond donors (Lipinski definition) is 1. The SMILES string of the molecule is CCCCCCCCCCCCC1(Cc2cc(/N=N/c3ccc([N+](=O)[O-])cc3[N+](=O)[O-])ccc2O)COCCOCC(C)(C)COCCOC1. The molecule has 0 unspecified atom stereocenters. The fourth-order valence-corrected chi connectivity index (χ4v) is 6.06. The van der Waals surface area contributed by atoms with Gasteiger partial charge in [0.15, 0.2) is 5.69 Å². The number of non-ortho nitro benzene ring substituents is 1. The van der Waals surface area contributed by atoms with E-state index in [0.717, 1.165) is 31.4 Å². The summed E-state index contributed by atoms with van der Waals surface area (Å²) >= 11 is 0. The van der Waals surface area contributed by atoms with Crippen molar-refractivity contribution < 1.29 is 33.9 Å². The van der Waals surface area contributed by atoms with Crippen molar-refractivity contribution in [1.82, 2.24) is 0 Å². The zero-order chi connectivity index (χ0) is 36.2. The molecule has 0 radical (unpaired) electrons. The van der Waals surface area contributed by atoms with Gasteiger partial charge in [-0.3, -0.25) is 20.2 Å². The van der Waals surface area contributed by atoms with Gasteiger partial charge in [0, 0.05) is 16.9 Å². The van der Waals surface area contributed by atoms with Crippen molar-refractivity contribution in [3.63, 3.8) is 0 Å². The average Bonchev–Trinajstić information content (AvgIpc) is 3.08. The van der Waals surface area contributed by atoms with E-state index in [1.807, 2.05) is 0 Å². The molecule has 1 fully saturated rings. The van der Waals surface area contributed by atoms with Gasteiger partial charge in [-0.05, 0) is 42.7 Å². The van der Waals surface area contributed by atoms with Gasteiger partial charge in [0.2, 0.25) is 0 Å². The van der Waals surface area contributed by atoms with Crippen LogP contribution in [0.5, 0.6) is 5.75 Å². The van der Waals surface area contributed by atoms with E-state index in [1.54, 1.807) is 12.1 Å². The maximum Gasteiger partial charge on any atom is 0.303 e. The molecule has 50 heavy (non-hydrogen) atoms. The van der Waals surface area contributed by atoms with Crippen LogP contribution < -0.4 is 0 Å². The van der Waals surface area contributed by atoms with Crippen LogP contribution >= 0.6 is 0 Å². The van der Waals surface area contributed by atoms with Crippen LogP contribution in [0.25, 0.3) is 0 Å². The second-order valence-electron chi connectivity index (χ2n) is 14.2. The van der Waals surface area contributed by atoms with Gasteiger partial charge < -0.3 is 24.1 Å². The fraction of sp³-hybridized carbons (Fsp3) is 0.676. The van der Waals surface area contributed by atoms with Gasteiger partial charge in [0.25, 0.3) is 5.69 Å². The molecule has 13 heteroatoms. The molecule has 0 saturated carbocycles. The van der Waals surface area contributed by atoms with Crippen LogP contribution in [-0.4, -0.2) is 67.8 Å². The summed E-state index contributed by atoms with van der Waals surface area (Å²) in [7, 11) is 0. The van der Waals surface area contributed by atoms with E-state index in [2.05, 4.69) is 31.0 Å². The molecule has 0 atom stereocenters. The Hall–Kier alpha value is -3.52. The lowest BCUT2D eigenvalue weighted by Gasteiger charge is -2.34. The molecule has 278 valence electrons. The molecular weight excluding hydrogens is 644 g/mol. The van der Waals surface area contributed by atoms with Crippen LogP contribution in [0.15, 0.2) is 46.6 Å².